The summed E-state index contributed by atoms with van der Waals surface area (Å²) in [6, 6.07) is 3.98. The van der Waals surface area contributed by atoms with Crippen molar-refractivity contribution in [2.75, 3.05) is 0 Å². The van der Waals surface area contributed by atoms with E-state index < -0.39 is 0 Å². The summed E-state index contributed by atoms with van der Waals surface area (Å²) in [5.74, 6) is 5.55. The van der Waals surface area contributed by atoms with Crippen LogP contribution in [0.3, 0.4) is 0 Å². The Morgan fingerprint density at radius 2 is 2.38 bits per heavy atom. The van der Waals surface area contributed by atoms with E-state index in [9.17, 15) is 0 Å². The van der Waals surface area contributed by atoms with Gasteiger partial charge in [-0.1, -0.05) is 11.6 Å². The van der Waals surface area contributed by atoms with Gasteiger partial charge in [-0.3, -0.25) is 11.3 Å². The predicted octanol–water partition coefficient (Wildman–Crippen LogP) is 2.91. The smallest absolute Gasteiger partial charge is 0.0931 e. The number of hydrazine groups is 1. The largest absolute Gasteiger partial charge is 0.271 e. The maximum absolute atomic E-state index is 5.89. The molecule has 2 aromatic heterocycles. The minimum Gasteiger partial charge on any atom is -0.271 e. The van der Waals surface area contributed by atoms with Gasteiger partial charge in [-0.2, -0.15) is 0 Å². The summed E-state index contributed by atoms with van der Waals surface area (Å²) < 4.78 is 0.806. The lowest BCUT2D eigenvalue weighted by Gasteiger charge is -2.11. The first-order valence-corrected chi connectivity index (χ1v) is 6.89. The second kappa shape index (κ2) is 5.25. The van der Waals surface area contributed by atoms with Crippen molar-refractivity contribution in [3.05, 3.63) is 37.4 Å². The van der Waals surface area contributed by atoms with E-state index in [2.05, 4.69) is 10.4 Å². The topological polar surface area (TPSA) is 50.9 Å². The predicted molar refractivity (Wildman–Crippen MR) is 69.9 cm³/mol. The number of aromatic nitrogens is 1. The summed E-state index contributed by atoms with van der Waals surface area (Å²) >= 11 is 9.10. The zero-order valence-corrected chi connectivity index (χ0v) is 11.1. The first kappa shape index (κ1) is 12.0. The highest BCUT2D eigenvalue weighted by molar-refractivity contribution is 7.16. The third kappa shape index (κ3) is 2.81. The van der Waals surface area contributed by atoms with Gasteiger partial charge in [-0.25, -0.2) is 4.98 Å². The summed E-state index contributed by atoms with van der Waals surface area (Å²) in [6.45, 7) is 1.99. The minimum absolute atomic E-state index is 0.0552. The molecule has 0 saturated carbocycles. The second-order valence-electron chi connectivity index (χ2n) is 3.42. The number of nitrogens with zero attached hydrogens (tertiary/aromatic N) is 1. The van der Waals surface area contributed by atoms with Crippen LogP contribution in [0.25, 0.3) is 0 Å². The van der Waals surface area contributed by atoms with Crippen molar-refractivity contribution in [2.45, 2.75) is 19.4 Å². The Morgan fingerprint density at radius 1 is 1.56 bits per heavy atom. The Kier molecular flexibility index (Phi) is 3.94. The molecule has 2 rings (SSSR count). The molecule has 0 aliphatic rings. The second-order valence-corrected chi connectivity index (χ2v) is 6.28. The van der Waals surface area contributed by atoms with E-state index in [1.807, 2.05) is 24.4 Å². The first-order valence-electron chi connectivity index (χ1n) is 4.81. The van der Waals surface area contributed by atoms with Gasteiger partial charge in [0, 0.05) is 16.7 Å². The lowest BCUT2D eigenvalue weighted by Crippen LogP contribution is -2.29. The van der Waals surface area contributed by atoms with Gasteiger partial charge in [-0.05, 0) is 19.1 Å². The third-order valence-corrected chi connectivity index (χ3v) is 4.27. The molecule has 0 aliphatic carbocycles. The van der Waals surface area contributed by atoms with Crippen LogP contribution in [-0.4, -0.2) is 4.98 Å². The molecular weight excluding hydrogens is 262 g/mol. The molecule has 0 bridgehead atoms. The molecule has 0 aromatic carbocycles. The van der Waals surface area contributed by atoms with Crippen molar-refractivity contribution in [1.82, 2.24) is 10.4 Å². The fraction of sp³-hybridized carbons (Fsp3) is 0.300. The van der Waals surface area contributed by atoms with Crippen LogP contribution in [0.5, 0.6) is 0 Å². The van der Waals surface area contributed by atoms with Gasteiger partial charge in [-0.15, -0.1) is 22.7 Å². The first-order chi connectivity index (χ1) is 7.69. The molecule has 0 radical (unpaired) electrons. The SMILES string of the molecule is Cc1nc(C(Cc2ccc(Cl)s2)NN)cs1. The van der Waals surface area contributed by atoms with Crippen LogP contribution in [-0.2, 0) is 6.42 Å². The molecule has 0 spiro atoms. The van der Waals surface area contributed by atoms with Gasteiger partial charge in [0.05, 0.1) is 21.1 Å². The molecule has 1 atom stereocenters. The Balaban J connectivity index is 2.12. The van der Waals surface area contributed by atoms with Crippen LogP contribution in [0.4, 0.5) is 0 Å². The lowest BCUT2D eigenvalue weighted by atomic mass is 10.1. The Hall–Kier alpha value is -0.460. The van der Waals surface area contributed by atoms with E-state index in [0.717, 1.165) is 21.5 Å². The van der Waals surface area contributed by atoms with E-state index in [1.165, 1.54) is 4.88 Å². The quantitative estimate of drug-likeness (QED) is 0.665. The molecule has 0 amide bonds. The highest BCUT2D eigenvalue weighted by Gasteiger charge is 2.14. The molecule has 86 valence electrons. The molecule has 2 heterocycles. The van der Waals surface area contributed by atoms with E-state index in [4.69, 9.17) is 17.4 Å². The fourth-order valence-electron chi connectivity index (χ4n) is 1.45. The van der Waals surface area contributed by atoms with Gasteiger partial charge in [0.1, 0.15) is 0 Å². The molecule has 1 unspecified atom stereocenters. The van der Waals surface area contributed by atoms with Crippen LogP contribution in [0.15, 0.2) is 17.5 Å². The van der Waals surface area contributed by atoms with Gasteiger partial charge < -0.3 is 0 Å². The molecule has 0 saturated heterocycles. The van der Waals surface area contributed by atoms with Crippen molar-refractivity contribution < 1.29 is 0 Å². The van der Waals surface area contributed by atoms with Crippen molar-refractivity contribution in [2.24, 2.45) is 5.84 Å². The zero-order valence-electron chi connectivity index (χ0n) is 8.74. The molecular formula is C10H12ClN3S2. The molecule has 0 aliphatic heterocycles. The standard InChI is InChI=1S/C10H12ClN3S2/c1-6-13-9(5-15-6)8(14-12)4-7-2-3-10(11)16-7/h2-3,5,8,14H,4,12H2,1H3. The van der Waals surface area contributed by atoms with Gasteiger partial charge >= 0.3 is 0 Å². The number of nitrogens with one attached hydrogen (secondary N) is 1. The van der Waals surface area contributed by atoms with Gasteiger partial charge in [0.25, 0.3) is 0 Å². The Labute approximate surface area is 107 Å². The normalized spacial score (nSPS) is 12.9. The summed E-state index contributed by atoms with van der Waals surface area (Å²) in [5.41, 5.74) is 3.79. The van der Waals surface area contributed by atoms with Crippen LogP contribution < -0.4 is 11.3 Å². The number of thiophene rings is 1. The summed E-state index contributed by atoms with van der Waals surface area (Å²) in [4.78, 5) is 5.64. The maximum Gasteiger partial charge on any atom is 0.0931 e. The molecule has 6 heteroatoms. The van der Waals surface area contributed by atoms with Crippen molar-refractivity contribution >= 4 is 34.3 Å². The molecule has 16 heavy (non-hydrogen) atoms. The minimum atomic E-state index is 0.0552. The Bertz CT molecular complexity index is 466. The molecule has 0 fully saturated rings. The lowest BCUT2D eigenvalue weighted by molar-refractivity contribution is 0.544. The number of halogens is 1. The summed E-state index contributed by atoms with van der Waals surface area (Å²) in [6.07, 6.45) is 0.817. The zero-order chi connectivity index (χ0) is 11.5. The van der Waals surface area contributed by atoms with E-state index in [0.29, 0.717) is 0 Å². The molecule has 3 nitrogen and oxygen atoms in total. The highest BCUT2D eigenvalue weighted by Crippen LogP contribution is 2.26. The highest BCUT2D eigenvalue weighted by atomic mass is 35.5. The average Bonchev–Trinajstić information content (AvgIpc) is 2.84. The van der Waals surface area contributed by atoms with Crippen LogP contribution in [0, 0.1) is 6.92 Å². The van der Waals surface area contributed by atoms with Gasteiger partial charge in [0.15, 0.2) is 0 Å². The van der Waals surface area contributed by atoms with Crippen LogP contribution in [0.2, 0.25) is 4.34 Å². The Morgan fingerprint density at radius 3 is 2.88 bits per heavy atom. The van der Waals surface area contributed by atoms with Crippen molar-refractivity contribution in [3.8, 4) is 0 Å². The number of hydrogen-bond acceptors (Lipinski definition) is 5. The van der Waals surface area contributed by atoms with Gasteiger partial charge in [0.2, 0.25) is 0 Å². The van der Waals surface area contributed by atoms with Crippen molar-refractivity contribution in [3.63, 3.8) is 0 Å². The fourth-order valence-corrected chi connectivity index (χ4v) is 3.25. The van der Waals surface area contributed by atoms with Crippen molar-refractivity contribution in [1.29, 1.82) is 0 Å². The van der Waals surface area contributed by atoms with E-state index >= 15 is 0 Å². The van der Waals surface area contributed by atoms with Crippen LogP contribution >= 0.6 is 34.3 Å². The number of thiazole rings is 1. The monoisotopic (exact) mass is 273 g/mol. The number of hydrogen-bond donors (Lipinski definition) is 2. The molecule has 2 aromatic rings. The number of aryl methyl sites for hydroxylation is 1. The summed E-state index contributed by atoms with van der Waals surface area (Å²) in [5, 5.41) is 3.09. The maximum atomic E-state index is 5.89. The number of nitrogens with two attached hydrogens (primary N) is 1. The average molecular weight is 274 g/mol. The number of rotatable bonds is 4. The van der Waals surface area contributed by atoms with E-state index in [1.54, 1.807) is 22.7 Å². The van der Waals surface area contributed by atoms with Crippen LogP contribution in [0.1, 0.15) is 21.6 Å². The summed E-state index contributed by atoms with van der Waals surface area (Å²) in [7, 11) is 0. The van der Waals surface area contributed by atoms with E-state index in [-0.39, 0.29) is 6.04 Å². The third-order valence-electron chi connectivity index (χ3n) is 2.23. The molecule has 3 N–H and O–H groups in total.